The number of carbonyl (C=O) groups excluding carboxylic acids is 1. The Morgan fingerprint density at radius 3 is 2.62 bits per heavy atom. The molecule has 3 rings (SSSR count). The van der Waals surface area contributed by atoms with Gasteiger partial charge in [0.2, 0.25) is 0 Å². The molecule has 1 N–H and O–H groups in total. The molecule has 2 aliphatic rings. The number of esters is 1. The van der Waals surface area contributed by atoms with Crippen molar-refractivity contribution in [2.45, 2.75) is 38.0 Å². The van der Waals surface area contributed by atoms with Crippen LogP contribution in [0.5, 0.6) is 0 Å². The van der Waals surface area contributed by atoms with Gasteiger partial charge in [0.15, 0.2) is 5.96 Å². The van der Waals surface area contributed by atoms with E-state index in [0.717, 1.165) is 50.3 Å². The van der Waals surface area contributed by atoms with Crippen molar-refractivity contribution < 1.29 is 13.9 Å². The lowest BCUT2D eigenvalue weighted by Gasteiger charge is -2.34. The van der Waals surface area contributed by atoms with Crippen LogP contribution in [0.4, 0.5) is 4.39 Å². The molecule has 26 heavy (non-hydrogen) atoms. The van der Waals surface area contributed by atoms with Crippen molar-refractivity contribution >= 4 is 11.9 Å². The summed E-state index contributed by atoms with van der Waals surface area (Å²) in [5.74, 6) is 0.594. The number of piperidine rings is 1. The molecule has 1 saturated carbocycles. The lowest BCUT2D eigenvalue weighted by Crippen LogP contribution is -2.48. The van der Waals surface area contributed by atoms with E-state index in [2.05, 4.69) is 15.2 Å². The molecule has 0 atom stereocenters. The summed E-state index contributed by atoms with van der Waals surface area (Å²) in [7, 11) is 1.77. The van der Waals surface area contributed by atoms with Crippen LogP contribution in [0.1, 0.15) is 38.2 Å². The highest BCUT2D eigenvalue weighted by molar-refractivity contribution is 5.80. The molecule has 6 heteroatoms. The minimum Gasteiger partial charge on any atom is -0.466 e. The Morgan fingerprint density at radius 1 is 1.35 bits per heavy atom. The fraction of sp³-hybridized carbons (Fsp3) is 0.600. The van der Waals surface area contributed by atoms with Gasteiger partial charge in [-0.3, -0.25) is 9.79 Å². The number of benzene rings is 1. The van der Waals surface area contributed by atoms with Crippen molar-refractivity contribution in [2.24, 2.45) is 10.9 Å². The van der Waals surface area contributed by atoms with E-state index >= 15 is 0 Å². The molecule has 0 unspecified atom stereocenters. The Kier molecular flexibility index (Phi) is 5.79. The second-order valence-electron chi connectivity index (χ2n) is 7.17. The number of aliphatic imine (C=N–C) groups is 1. The number of nitrogens with zero attached hydrogens (tertiary/aromatic N) is 2. The van der Waals surface area contributed by atoms with E-state index in [4.69, 9.17) is 4.74 Å². The Balaban J connectivity index is 1.55. The molecule has 1 aromatic carbocycles. The van der Waals surface area contributed by atoms with Crippen molar-refractivity contribution in [1.29, 1.82) is 0 Å². The highest BCUT2D eigenvalue weighted by atomic mass is 19.1. The molecule has 0 radical (unpaired) electrons. The zero-order chi connectivity index (χ0) is 18.6. The monoisotopic (exact) mass is 361 g/mol. The van der Waals surface area contributed by atoms with Crippen LogP contribution in [-0.2, 0) is 14.9 Å². The lowest BCUT2D eigenvalue weighted by molar-refractivity contribution is -0.149. The first kappa shape index (κ1) is 18.7. The first-order valence-corrected chi connectivity index (χ1v) is 9.47. The molecule has 0 aromatic heterocycles. The van der Waals surface area contributed by atoms with E-state index in [9.17, 15) is 9.18 Å². The number of rotatable bonds is 5. The van der Waals surface area contributed by atoms with Crippen molar-refractivity contribution in [3.8, 4) is 0 Å². The van der Waals surface area contributed by atoms with Crippen LogP contribution in [-0.4, -0.2) is 50.1 Å². The van der Waals surface area contributed by atoms with E-state index in [0.29, 0.717) is 13.2 Å². The summed E-state index contributed by atoms with van der Waals surface area (Å²) in [6.07, 6.45) is 3.53. The third-order valence-corrected chi connectivity index (χ3v) is 5.51. The van der Waals surface area contributed by atoms with Gasteiger partial charge in [-0.1, -0.05) is 18.2 Å². The van der Waals surface area contributed by atoms with E-state index in [-0.39, 0.29) is 23.1 Å². The molecule has 1 aliphatic heterocycles. The predicted molar refractivity (Wildman–Crippen MR) is 99.6 cm³/mol. The van der Waals surface area contributed by atoms with Crippen LogP contribution in [0, 0.1) is 11.7 Å². The van der Waals surface area contributed by atoms with E-state index < -0.39 is 0 Å². The molecular weight excluding hydrogens is 333 g/mol. The molecule has 0 amide bonds. The van der Waals surface area contributed by atoms with Gasteiger partial charge in [0, 0.05) is 32.1 Å². The maximum atomic E-state index is 14.2. The Labute approximate surface area is 154 Å². The smallest absolute Gasteiger partial charge is 0.309 e. The normalized spacial score (nSPS) is 20.0. The van der Waals surface area contributed by atoms with Gasteiger partial charge in [-0.2, -0.15) is 0 Å². The van der Waals surface area contributed by atoms with Crippen molar-refractivity contribution in [1.82, 2.24) is 10.2 Å². The molecule has 0 bridgehead atoms. The molecule has 2 fully saturated rings. The van der Waals surface area contributed by atoms with Gasteiger partial charge in [-0.15, -0.1) is 0 Å². The summed E-state index contributed by atoms with van der Waals surface area (Å²) in [5, 5.41) is 3.43. The molecule has 1 aliphatic carbocycles. The standard InChI is InChI=1S/C20H28FN3O2/c1-3-26-18(25)15-8-12-24(13-9-15)19(22-2)23-14-20(10-11-20)16-6-4-5-7-17(16)21/h4-7,15H,3,8-14H2,1-2H3,(H,22,23). The zero-order valence-corrected chi connectivity index (χ0v) is 15.6. The number of carbonyl (C=O) groups is 1. The molecule has 1 saturated heterocycles. The number of guanidine groups is 1. The summed E-state index contributed by atoms with van der Waals surface area (Å²) in [4.78, 5) is 18.4. The highest BCUT2D eigenvalue weighted by Gasteiger charge is 2.46. The summed E-state index contributed by atoms with van der Waals surface area (Å²) in [6.45, 7) is 4.49. The van der Waals surface area contributed by atoms with E-state index in [1.807, 2.05) is 19.1 Å². The van der Waals surface area contributed by atoms with Crippen LogP contribution in [0.15, 0.2) is 29.3 Å². The third-order valence-electron chi connectivity index (χ3n) is 5.51. The maximum Gasteiger partial charge on any atom is 0.309 e. The van der Waals surface area contributed by atoms with Crippen LogP contribution in [0.3, 0.4) is 0 Å². The Morgan fingerprint density at radius 2 is 2.04 bits per heavy atom. The van der Waals surface area contributed by atoms with Gasteiger partial charge in [-0.25, -0.2) is 4.39 Å². The number of nitrogens with one attached hydrogen (secondary N) is 1. The number of hydrogen-bond acceptors (Lipinski definition) is 3. The summed E-state index contributed by atoms with van der Waals surface area (Å²) in [5.41, 5.74) is 0.675. The number of likely N-dealkylation sites (tertiary alicyclic amines) is 1. The number of halogens is 1. The second-order valence-corrected chi connectivity index (χ2v) is 7.17. The van der Waals surface area contributed by atoms with Crippen molar-refractivity contribution in [2.75, 3.05) is 33.3 Å². The average Bonchev–Trinajstić information content (AvgIpc) is 3.44. The predicted octanol–water partition coefficient (Wildman–Crippen LogP) is 2.71. The number of ether oxygens (including phenoxy) is 1. The molecule has 142 valence electrons. The zero-order valence-electron chi connectivity index (χ0n) is 15.6. The van der Waals surface area contributed by atoms with Crippen molar-refractivity contribution in [3.05, 3.63) is 35.6 Å². The number of hydrogen-bond donors (Lipinski definition) is 1. The fourth-order valence-corrected chi connectivity index (χ4v) is 3.75. The van der Waals surface area contributed by atoms with Crippen LogP contribution >= 0.6 is 0 Å². The van der Waals surface area contributed by atoms with Crippen LogP contribution < -0.4 is 5.32 Å². The topological polar surface area (TPSA) is 53.9 Å². The minimum atomic E-state index is -0.128. The van der Waals surface area contributed by atoms with Gasteiger partial charge in [0.05, 0.1) is 12.5 Å². The Bertz CT molecular complexity index is 665. The lowest BCUT2D eigenvalue weighted by atomic mass is 9.95. The summed E-state index contributed by atoms with van der Waals surface area (Å²) >= 11 is 0. The molecule has 1 heterocycles. The first-order valence-electron chi connectivity index (χ1n) is 9.47. The van der Waals surface area contributed by atoms with Gasteiger partial charge in [-0.05, 0) is 44.2 Å². The quantitative estimate of drug-likeness (QED) is 0.498. The van der Waals surface area contributed by atoms with Crippen molar-refractivity contribution in [3.63, 3.8) is 0 Å². The highest BCUT2D eigenvalue weighted by Crippen LogP contribution is 2.48. The minimum absolute atomic E-state index is 0.0162. The molecule has 5 nitrogen and oxygen atoms in total. The SMILES string of the molecule is CCOC(=O)C1CCN(C(=NC)NCC2(c3ccccc3F)CC2)CC1. The van der Waals surface area contributed by atoms with Crippen LogP contribution in [0.25, 0.3) is 0 Å². The molecule has 0 spiro atoms. The first-order chi connectivity index (χ1) is 12.6. The Hall–Kier alpha value is -2.11. The van der Waals surface area contributed by atoms with E-state index in [1.54, 1.807) is 13.1 Å². The summed E-state index contributed by atoms with van der Waals surface area (Å²) < 4.78 is 19.3. The van der Waals surface area contributed by atoms with Gasteiger partial charge >= 0.3 is 5.97 Å². The largest absolute Gasteiger partial charge is 0.466 e. The average molecular weight is 361 g/mol. The maximum absolute atomic E-state index is 14.2. The van der Waals surface area contributed by atoms with Gasteiger partial charge in [0.1, 0.15) is 5.82 Å². The fourth-order valence-electron chi connectivity index (χ4n) is 3.75. The third kappa shape index (κ3) is 4.00. The van der Waals surface area contributed by atoms with Gasteiger partial charge < -0.3 is 15.0 Å². The second kappa shape index (κ2) is 8.06. The summed E-state index contributed by atoms with van der Waals surface area (Å²) in [6, 6.07) is 7.05. The van der Waals surface area contributed by atoms with Gasteiger partial charge in [0.25, 0.3) is 0 Å². The molecular formula is C20H28FN3O2. The molecule has 1 aromatic rings. The van der Waals surface area contributed by atoms with E-state index in [1.165, 1.54) is 6.07 Å². The van der Waals surface area contributed by atoms with Crippen LogP contribution in [0.2, 0.25) is 0 Å².